The number of hydrogen-bond acceptors (Lipinski definition) is 6. The minimum Gasteiger partial charge on any atom is -0.444 e. The van der Waals surface area contributed by atoms with Crippen LogP contribution in [0.25, 0.3) is 0 Å². The summed E-state index contributed by atoms with van der Waals surface area (Å²) in [6.07, 6.45) is 4.72. The maximum absolute atomic E-state index is 13.5. The molecule has 0 saturated heterocycles. The van der Waals surface area contributed by atoms with Gasteiger partial charge in [0, 0.05) is 12.1 Å². The summed E-state index contributed by atoms with van der Waals surface area (Å²) in [4.78, 5) is 40.2. The predicted octanol–water partition coefficient (Wildman–Crippen LogP) is 2.26. The van der Waals surface area contributed by atoms with Crippen LogP contribution in [0.1, 0.15) is 43.5 Å². The van der Waals surface area contributed by atoms with Gasteiger partial charge in [-0.2, -0.15) is 5.26 Å². The topological polar surface area (TPSA) is 132 Å². The molecule has 9 heteroatoms. The first-order chi connectivity index (χ1) is 17.1. The number of nitriles is 1. The van der Waals surface area contributed by atoms with Crippen molar-refractivity contribution in [1.82, 2.24) is 15.5 Å². The number of ether oxygens (including phenoxy) is 1. The molecule has 9 nitrogen and oxygen atoms in total. The Morgan fingerprint density at radius 3 is 2.33 bits per heavy atom. The second kappa shape index (κ2) is 12.9. The molecule has 0 bridgehead atoms. The van der Waals surface area contributed by atoms with Crippen LogP contribution in [0.4, 0.5) is 4.79 Å². The van der Waals surface area contributed by atoms with Crippen molar-refractivity contribution in [1.29, 1.82) is 5.26 Å². The lowest BCUT2D eigenvalue weighted by atomic mass is 9.97. The van der Waals surface area contributed by atoms with Gasteiger partial charge < -0.3 is 25.4 Å². The number of hydrogen-bond donors (Lipinski definition) is 3. The molecule has 0 heterocycles. The van der Waals surface area contributed by atoms with Crippen molar-refractivity contribution < 1.29 is 24.2 Å². The van der Waals surface area contributed by atoms with E-state index in [1.54, 1.807) is 45.0 Å². The molecular formula is C27H30N4O5. The number of carbonyl (C=O) groups excluding carboxylic acids is 3. The van der Waals surface area contributed by atoms with Crippen LogP contribution in [-0.4, -0.2) is 52.7 Å². The number of terminal acetylenes is 1. The SMILES string of the molecule is C#Cc1ccccc1C(C(=O)NCc1ccccc1)N(CC#N)C(=O)C(CO)NC(=O)OC(C)(C)C. The number of nitrogens with one attached hydrogen (secondary N) is 2. The summed E-state index contributed by atoms with van der Waals surface area (Å²) in [5.41, 5.74) is 0.662. The highest BCUT2D eigenvalue weighted by molar-refractivity contribution is 5.92. The summed E-state index contributed by atoms with van der Waals surface area (Å²) >= 11 is 0. The highest BCUT2D eigenvalue weighted by Crippen LogP contribution is 2.25. The zero-order valence-electron chi connectivity index (χ0n) is 20.5. The van der Waals surface area contributed by atoms with E-state index in [9.17, 15) is 24.8 Å². The molecule has 2 aromatic rings. The van der Waals surface area contributed by atoms with Crippen molar-refractivity contribution >= 4 is 17.9 Å². The molecule has 3 amide bonds. The number of aliphatic hydroxyl groups is 1. The number of aliphatic hydroxyl groups excluding tert-OH is 1. The largest absolute Gasteiger partial charge is 0.444 e. The van der Waals surface area contributed by atoms with Crippen LogP contribution in [0.15, 0.2) is 54.6 Å². The van der Waals surface area contributed by atoms with Gasteiger partial charge in [0.2, 0.25) is 11.8 Å². The Hall–Kier alpha value is -4.34. The molecule has 3 N–H and O–H groups in total. The van der Waals surface area contributed by atoms with Gasteiger partial charge in [0.05, 0.1) is 12.7 Å². The lowest BCUT2D eigenvalue weighted by Crippen LogP contribution is -2.54. The molecule has 0 spiro atoms. The van der Waals surface area contributed by atoms with E-state index in [1.165, 1.54) is 0 Å². The van der Waals surface area contributed by atoms with E-state index in [0.717, 1.165) is 10.5 Å². The van der Waals surface area contributed by atoms with Gasteiger partial charge in [0.25, 0.3) is 0 Å². The summed E-state index contributed by atoms with van der Waals surface area (Å²) in [6.45, 7) is 3.82. The minimum atomic E-state index is -1.46. The standard InChI is InChI=1S/C27H30N4O5/c1-5-20-13-9-10-14-21(20)23(24(33)29-17-19-11-7-6-8-12-19)31(16-15-28)25(34)22(18-32)30-26(35)36-27(2,3)4/h1,6-14,22-23,32H,16-18H2,2-4H3,(H,29,33)(H,30,35). The summed E-state index contributed by atoms with van der Waals surface area (Å²) in [7, 11) is 0. The normalized spacial score (nSPS) is 12.3. The van der Waals surface area contributed by atoms with Gasteiger partial charge in [-0.15, -0.1) is 6.42 Å². The molecule has 0 fully saturated rings. The Bertz CT molecular complexity index is 1150. The average Bonchev–Trinajstić information content (AvgIpc) is 2.85. The van der Waals surface area contributed by atoms with E-state index in [2.05, 4.69) is 16.6 Å². The Balaban J connectivity index is 2.43. The molecule has 188 valence electrons. The molecule has 0 aliphatic carbocycles. The molecular weight excluding hydrogens is 460 g/mol. The highest BCUT2D eigenvalue weighted by Gasteiger charge is 2.37. The molecule has 36 heavy (non-hydrogen) atoms. The van der Waals surface area contributed by atoms with Crippen LogP contribution in [0, 0.1) is 23.7 Å². The predicted molar refractivity (Wildman–Crippen MR) is 133 cm³/mol. The van der Waals surface area contributed by atoms with Gasteiger partial charge >= 0.3 is 6.09 Å². The number of rotatable bonds is 9. The first-order valence-electron chi connectivity index (χ1n) is 11.3. The lowest BCUT2D eigenvalue weighted by molar-refractivity contribution is -0.142. The Kier molecular flexibility index (Phi) is 10.0. The molecule has 0 aliphatic rings. The maximum Gasteiger partial charge on any atom is 0.408 e. The number of benzene rings is 2. The van der Waals surface area contributed by atoms with E-state index in [-0.39, 0.29) is 6.54 Å². The van der Waals surface area contributed by atoms with Crippen LogP contribution in [0.2, 0.25) is 0 Å². The van der Waals surface area contributed by atoms with Crippen LogP contribution in [0.5, 0.6) is 0 Å². The fourth-order valence-electron chi connectivity index (χ4n) is 3.41. The Morgan fingerprint density at radius 1 is 1.11 bits per heavy atom. The van der Waals surface area contributed by atoms with Crippen LogP contribution >= 0.6 is 0 Å². The Labute approximate surface area is 211 Å². The van der Waals surface area contributed by atoms with Crippen LogP contribution in [0.3, 0.4) is 0 Å². The van der Waals surface area contributed by atoms with Crippen LogP contribution in [-0.2, 0) is 20.9 Å². The number of alkyl carbamates (subject to hydrolysis) is 1. The lowest BCUT2D eigenvalue weighted by Gasteiger charge is -2.32. The summed E-state index contributed by atoms with van der Waals surface area (Å²) in [6, 6.07) is 14.8. The van der Waals surface area contributed by atoms with E-state index in [4.69, 9.17) is 11.2 Å². The van der Waals surface area contributed by atoms with E-state index in [0.29, 0.717) is 11.1 Å². The molecule has 0 saturated carbocycles. The van der Waals surface area contributed by atoms with Crippen molar-refractivity contribution in [2.45, 2.75) is 45.0 Å². The smallest absolute Gasteiger partial charge is 0.408 e. The van der Waals surface area contributed by atoms with Crippen LogP contribution < -0.4 is 10.6 Å². The second-order valence-electron chi connectivity index (χ2n) is 8.84. The monoisotopic (exact) mass is 490 g/mol. The molecule has 2 rings (SSSR count). The first-order valence-corrected chi connectivity index (χ1v) is 11.3. The molecule has 0 aliphatic heterocycles. The van der Waals surface area contributed by atoms with Gasteiger partial charge in [-0.25, -0.2) is 4.79 Å². The van der Waals surface area contributed by atoms with Gasteiger partial charge in [-0.05, 0) is 38.0 Å². The summed E-state index contributed by atoms with van der Waals surface area (Å²) < 4.78 is 5.17. The van der Waals surface area contributed by atoms with Crippen molar-refractivity contribution in [3.8, 4) is 18.4 Å². The summed E-state index contributed by atoms with van der Waals surface area (Å²) in [5, 5.41) is 24.5. The van der Waals surface area contributed by atoms with Crippen molar-refractivity contribution in [3.05, 3.63) is 71.3 Å². The zero-order valence-corrected chi connectivity index (χ0v) is 20.5. The molecule has 0 radical (unpaired) electrons. The number of nitrogens with zero attached hydrogens (tertiary/aromatic N) is 2. The minimum absolute atomic E-state index is 0.169. The van der Waals surface area contributed by atoms with Crippen molar-refractivity contribution in [2.24, 2.45) is 0 Å². The molecule has 2 aromatic carbocycles. The fourth-order valence-corrected chi connectivity index (χ4v) is 3.41. The van der Waals surface area contributed by atoms with E-state index < -0.39 is 48.7 Å². The zero-order chi connectivity index (χ0) is 26.7. The van der Waals surface area contributed by atoms with Gasteiger partial charge in [0.15, 0.2) is 0 Å². The van der Waals surface area contributed by atoms with Gasteiger partial charge in [-0.1, -0.05) is 54.5 Å². The van der Waals surface area contributed by atoms with Crippen molar-refractivity contribution in [2.75, 3.05) is 13.2 Å². The number of carbonyl (C=O) groups is 3. The third-order valence-corrected chi connectivity index (χ3v) is 4.98. The fraction of sp³-hybridized carbons (Fsp3) is 0.333. The molecule has 2 unspecified atom stereocenters. The van der Waals surface area contributed by atoms with E-state index >= 15 is 0 Å². The third-order valence-electron chi connectivity index (χ3n) is 4.98. The quantitative estimate of drug-likeness (QED) is 0.365. The third kappa shape index (κ3) is 7.86. The van der Waals surface area contributed by atoms with Gasteiger partial charge in [-0.3, -0.25) is 9.59 Å². The molecule has 2 atom stereocenters. The summed E-state index contributed by atoms with van der Waals surface area (Å²) in [5.74, 6) is 1.07. The average molecular weight is 491 g/mol. The van der Waals surface area contributed by atoms with Gasteiger partial charge in [0.1, 0.15) is 24.2 Å². The second-order valence-corrected chi connectivity index (χ2v) is 8.84. The molecule has 0 aromatic heterocycles. The maximum atomic E-state index is 13.5. The first kappa shape index (κ1) is 27.9. The Morgan fingerprint density at radius 2 is 1.75 bits per heavy atom. The van der Waals surface area contributed by atoms with Crippen molar-refractivity contribution in [3.63, 3.8) is 0 Å². The van der Waals surface area contributed by atoms with E-state index in [1.807, 2.05) is 36.4 Å². The highest BCUT2D eigenvalue weighted by atomic mass is 16.6. The number of amides is 3.